The molecule has 0 radical (unpaired) electrons. The first-order valence-corrected chi connectivity index (χ1v) is 19.1. The van der Waals surface area contributed by atoms with Crippen LogP contribution in [0.2, 0.25) is 0 Å². The Labute approximate surface area is 273 Å². The van der Waals surface area contributed by atoms with Crippen molar-refractivity contribution in [3.05, 3.63) is 12.2 Å². The summed E-state index contributed by atoms with van der Waals surface area (Å²) >= 11 is 0. The number of hydrogen-bond donors (Lipinski definition) is 3. The van der Waals surface area contributed by atoms with Crippen LogP contribution >= 0.6 is 7.82 Å². The molecule has 0 aliphatic heterocycles. The lowest BCUT2D eigenvalue weighted by Crippen LogP contribution is -2.29. The summed E-state index contributed by atoms with van der Waals surface area (Å²) < 4.78 is 32.4. The van der Waals surface area contributed by atoms with E-state index in [1.165, 1.54) is 57.8 Å². The lowest BCUT2D eigenvalue weighted by molar-refractivity contribution is -0.161. The maximum Gasteiger partial charge on any atom is 0.472 e. The molecule has 0 aromatic rings. The normalized spacial score (nSPS) is 14.3. The Hall–Kier alpha value is -1.29. The van der Waals surface area contributed by atoms with Crippen molar-refractivity contribution in [3.8, 4) is 0 Å². The molecule has 11 heteroatoms. The highest BCUT2D eigenvalue weighted by Gasteiger charge is 2.27. The molecule has 0 aliphatic rings. The number of ether oxygens (including phenoxy) is 2. The van der Waals surface area contributed by atoms with Crippen LogP contribution in [0.15, 0.2) is 12.2 Å². The largest absolute Gasteiger partial charge is 0.472 e. The quantitative estimate of drug-likeness (QED) is 0.0272. The van der Waals surface area contributed by atoms with E-state index in [0.29, 0.717) is 12.8 Å². The number of phosphoric ester groups is 1. The van der Waals surface area contributed by atoms with Crippen LogP contribution < -0.4 is 0 Å². The van der Waals surface area contributed by atoms with Gasteiger partial charge in [0.1, 0.15) is 12.7 Å². The van der Waals surface area contributed by atoms with E-state index in [4.69, 9.17) is 19.1 Å². The van der Waals surface area contributed by atoms with Crippen LogP contribution in [0.3, 0.4) is 0 Å². The molecular formula is C34H65O10P. The Balaban J connectivity index is 4.40. The minimum Gasteiger partial charge on any atom is -0.462 e. The van der Waals surface area contributed by atoms with E-state index < -0.39 is 51.8 Å². The van der Waals surface area contributed by atoms with Gasteiger partial charge in [0.25, 0.3) is 0 Å². The first-order chi connectivity index (χ1) is 21.7. The van der Waals surface area contributed by atoms with Crippen LogP contribution in [0.1, 0.15) is 155 Å². The number of phosphoric acid groups is 1. The molecule has 0 amide bonds. The SMILES string of the molecule is CCCCCC/C=C/CCCCCCCC(=O)OC[C@H](COP(=O)(O)OC[C@@H](O)CO)OC(=O)CCCCCCCCCCC. The first kappa shape index (κ1) is 43.7. The van der Waals surface area contributed by atoms with Crippen molar-refractivity contribution in [1.29, 1.82) is 0 Å². The van der Waals surface area contributed by atoms with Gasteiger partial charge in [0.15, 0.2) is 6.10 Å². The molecule has 0 saturated carbocycles. The summed E-state index contributed by atoms with van der Waals surface area (Å²) in [6.07, 6.45) is 24.8. The summed E-state index contributed by atoms with van der Waals surface area (Å²) in [5, 5.41) is 18.2. The maximum absolute atomic E-state index is 12.4. The van der Waals surface area contributed by atoms with E-state index in [1.54, 1.807) is 0 Å². The average Bonchev–Trinajstić information content (AvgIpc) is 3.02. The number of allylic oxidation sites excluding steroid dienone is 2. The minimum atomic E-state index is -4.60. The third-order valence-electron chi connectivity index (χ3n) is 7.42. The van der Waals surface area contributed by atoms with Crippen LogP contribution in [0.5, 0.6) is 0 Å². The van der Waals surface area contributed by atoms with E-state index >= 15 is 0 Å². The van der Waals surface area contributed by atoms with Gasteiger partial charge in [0.05, 0.1) is 19.8 Å². The zero-order valence-corrected chi connectivity index (χ0v) is 29.2. The number of unbranched alkanes of at least 4 members (excludes halogenated alkanes) is 17. The maximum atomic E-state index is 12.4. The first-order valence-electron chi connectivity index (χ1n) is 17.6. The highest BCUT2D eigenvalue weighted by molar-refractivity contribution is 7.47. The number of carbonyl (C=O) groups is 2. The van der Waals surface area contributed by atoms with Crippen LogP contribution in [-0.2, 0) is 32.7 Å². The van der Waals surface area contributed by atoms with E-state index in [2.05, 4.69) is 30.5 Å². The van der Waals surface area contributed by atoms with Crippen molar-refractivity contribution in [2.24, 2.45) is 0 Å². The van der Waals surface area contributed by atoms with Gasteiger partial charge < -0.3 is 24.6 Å². The molecule has 1 unspecified atom stereocenters. The Morgan fingerprint density at radius 2 is 1.09 bits per heavy atom. The Morgan fingerprint density at radius 1 is 0.644 bits per heavy atom. The smallest absolute Gasteiger partial charge is 0.462 e. The summed E-state index contributed by atoms with van der Waals surface area (Å²) in [6, 6.07) is 0. The van der Waals surface area contributed by atoms with Crippen LogP contribution in [-0.4, -0.2) is 65.7 Å². The van der Waals surface area contributed by atoms with E-state index in [-0.39, 0.29) is 19.4 Å². The Kier molecular flexibility index (Phi) is 30.4. The monoisotopic (exact) mass is 664 g/mol. The molecule has 0 aliphatic carbocycles. The molecule has 266 valence electrons. The molecule has 0 fully saturated rings. The highest BCUT2D eigenvalue weighted by Crippen LogP contribution is 2.43. The molecular weight excluding hydrogens is 599 g/mol. The molecule has 0 rings (SSSR count). The number of esters is 2. The van der Waals surface area contributed by atoms with Crippen molar-refractivity contribution in [1.82, 2.24) is 0 Å². The van der Waals surface area contributed by atoms with Crippen molar-refractivity contribution < 1.29 is 47.8 Å². The number of hydrogen-bond acceptors (Lipinski definition) is 9. The molecule has 45 heavy (non-hydrogen) atoms. The minimum absolute atomic E-state index is 0.186. The Morgan fingerprint density at radius 3 is 1.62 bits per heavy atom. The van der Waals surface area contributed by atoms with E-state index in [9.17, 15) is 24.2 Å². The molecule has 0 saturated heterocycles. The summed E-state index contributed by atoms with van der Waals surface area (Å²) in [4.78, 5) is 34.6. The molecule has 10 nitrogen and oxygen atoms in total. The van der Waals surface area contributed by atoms with Gasteiger partial charge in [-0.15, -0.1) is 0 Å². The predicted octanol–water partition coefficient (Wildman–Crippen LogP) is 8.11. The number of aliphatic hydroxyl groups excluding tert-OH is 2. The number of rotatable bonds is 33. The van der Waals surface area contributed by atoms with Crippen molar-refractivity contribution >= 4 is 19.8 Å². The molecule has 0 aromatic heterocycles. The molecule has 3 N–H and O–H groups in total. The lowest BCUT2D eigenvalue weighted by Gasteiger charge is -2.20. The lowest BCUT2D eigenvalue weighted by atomic mass is 10.1. The summed E-state index contributed by atoms with van der Waals surface area (Å²) in [6.45, 7) is 2.31. The number of carbonyl (C=O) groups excluding carboxylic acids is 2. The zero-order chi connectivity index (χ0) is 33.4. The van der Waals surface area contributed by atoms with Crippen molar-refractivity contribution in [2.45, 2.75) is 167 Å². The molecule has 3 atom stereocenters. The third-order valence-corrected chi connectivity index (χ3v) is 8.37. The van der Waals surface area contributed by atoms with Crippen LogP contribution in [0, 0.1) is 0 Å². The van der Waals surface area contributed by atoms with Gasteiger partial charge in [-0.25, -0.2) is 4.57 Å². The zero-order valence-electron chi connectivity index (χ0n) is 28.3. The van der Waals surface area contributed by atoms with Gasteiger partial charge in [0, 0.05) is 12.8 Å². The summed E-state index contributed by atoms with van der Waals surface area (Å²) in [5.41, 5.74) is 0. The summed E-state index contributed by atoms with van der Waals surface area (Å²) in [7, 11) is -4.60. The Bertz CT molecular complexity index is 776. The topological polar surface area (TPSA) is 149 Å². The van der Waals surface area contributed by atoms with Gasteiger partial charge in [-0.05, 0) is 38.5 Å². The van der Waals surface area contributed by atoms with Gasteiger partial charge >= 0.3 is 19.8 Å². The fourth-order valence-electron chi connectivity index (χ4n) is 4.63. The standard InChI is InChI=1S/C34H65O10P/c1-3-5-7-9-11-13-14-15-16-18-19-21-23-25-33(37)41-29-32(30-43-45(39,40)42-28-31(36)27-35)44-34(38)26-24-22-20-17-12-10-8-6-4-2/h13-14,31-32,35-36H,3-12,15-30H2,1-2H3,(H,39,40)/b14-13+/t31-,32+/m0/s1. The van der Waals surface area contributed by atoms with Gasteiger partial charge in [-0.1, -0.05) is 116 Å². The van der Waals surface area contributed by atoms with E-state index in [1.807, 2.05) is 0 Å². The van der Waals surface area contributed by atoms with Gasteiger partial charge in [-0.3, -0.25) is 18.6 Å². The fraction of sp³-hybridized carbons (Fsp3) is 0.882. The van der Waals surface area contributed by atoms with Crippen LogP contribution in [0.4, 0.5) is 0 Å². The fourth-order valence-corrected chi connectivity index (χ4v) is 5.42. The molecule has 0 heterocycles. The predicted molar refractivity (Wildman–Crippen MR) is 178 cm³/mol. The average molecular weight is 665 g/mol. The second kappa shape index (κ2) is 31.3. The van der Waals surface area contributed by atoms with Gasteiger partial charge in [-0.2, -0.15) is 0 Å². The molecule has 0 spiro atoms. The highest BCUT2D eigenvalue weighted by atomic mass is 31.2. The second-order valence-corrected chi connectivity index (χ2v) is 13.4. The third kappa shape index (κ3) is 31.1. The summed E-state index contributed by atoms with van der Waals surface area (Å²) in [5.74, 6) is -0.936. The van der Waals surface area contributed by atoms with Crippen LogP contribution in [0.25, 0.3) is 0 Å². The number of aliphatic hydroxyl groups is 2. The van der Waals surface area contributed by atoms with Crippen molar-refractivity contribution in [2.75, 3.05) is 26.4 Å². The molecule has 0 bridgehead atoms. The molecule has 0 aromatic carbocycles. The van der Waals surface area contributed by atoms with Crippen molar-refractivity contribution in [3.63, 3.8) is 0 Å². The van der Waals surface area contributed by atoms with Gasteiger partial charge in [0.2, 0.25) is 0 Å². The second-order valence-electron chi connectivity index (χ2n) is 11.9. The van der Waals surface area contributed by atoms with E-state index in [0.717, 1.165) is 57.8 Å².